The lowest BCUT2D eigenvalue weighted by Crippen LogP contribution is -2.33. The van der Waals surface area contributed by atoms with Crippen molar-refractivity contribution in [2.45, 2.75) is 31.7 Å². The second-order valence-electron chi connectivity index (χ2n) is 4.64. The molecule has 0 saturated carbocycles. The second kappa shape index (κ2) is 6.82. The van der Waals surface area contributed by atoms with Gasteiger partial charge in [-0.25, -0.2) is 4.79 Å². The number of aromatic amines is 1. The minimum absolute atomic E-state index is 0.152. The first-order valence-corrected chi connectivity index (χ1v) is 7.31. The van der Waals surface area contributed by atoms with Gasteiger partial charge in [0.15, 0.2) is 0 Å². The molecular weight excluding hydrogens is 317 g/mol. The molecule has 0 radical (unpaired) electrons. The van der Waals surface area contributed by atoms with Gasteiger partial charge in [-0.3, -0.25) is 14.3 Å². The van der Waals surface area contributed by atoms with Crippen molar-refractivity contribution in [2.75, 3.05) is 6.61 Å². The molecule has 4 atom stereocenters. The van der Waals surface area contributed by atoms with Crippen molar-refractivity contribution < 1.29 is 18.7 Å². The Morgan fingerprint density at radius 3 is 3.05 bits per heavy atom. The molecule has 1 fully saturated rings. The van der Waals surface area contributed by atoms with Crippen molar-refractivity contribution in [1.29, 1.82) is 0 Å². The molecule has 0 spiro atoms. The van der Waals surface area contributed by atoms with E-state index in [1.165, 1.54) is 13.1 Å². The topological polar surface area (TPSA) is 162 Å². The van der Waals surface area contributed by atoms with Crippen molar-refractivity contribution in [3.05, 3.63) is 43.0 Å². The van der Waals surface area contributed by atoms with Crippen LogP contribution in [0, 0.1) is 6.92 Å². The lowest BCUT2D eigenvalue weighted by molar-refractivity contribution is -0.188. The van der Waals surface area contributed by atoms with Gasteiger partial charge in [-0.05, 0) is 17.0 Å². The number of H-pyrrole nitrogens is 1. The Hall–Kier alpha value is -2.03. The monoisotopic (exact) mass is 329 g/mol. The number of azide groups is 1. The second-order valence-corrected chi connectivity index (χ2v) is 5.34. The molecule has 0 amide bonds. The van der Waals surface area contributed by atoms with Crippen LogP contribution in [0.1, 0.15) is 18.2 Å². The predicted octanol–water partition coefficient (Wildman–Crippen LogP) is -0.154. The van der Waals surface area contributed by atoms with Crippen molar-refractivity contribution in [3.8, 4) is 0 Å². The van der Waals surface area contributed by atoms with Crippen molar-refractivity contribution in [2.24, 2.45) is 5.11 Å². The Kier molecular flexibility index (Phi) is 5.07. The fourth-order valence-corrected chi connectivity index (χ4v) is 2.43. The molecule has 1 saturated heterocycles. The number of rotatable bonds is 5. The van der Waals surface area contributed by atoms with Gasteiger partial charge in [-0.15, -0.1) is 4.52 Å². The van der Waals surface area contributed by atoms with E-state index in [9.17, 15) is 19.0 Å². The average Bonchev–Trinajstić information content (AvgIpc) is 2.84. The zero-order valence-electron chi connectivity index (χ0n) is 11.4. The maximum atomic E-state index is 11.8. The van der Waals surface area contributed by atoms with E-state index in [0.29, 0.717) is 5.56 Å². The van der Waals surface area contributed by atoms with Gasteiger partial charge in [-0.1, -0.05) is 5.11 Å². The van der Waals surface area contributed by atoms with E-state index in [1.54, 1.807) is 0 Å². The van der Waals surface area contributed by atoms with Crippen molar-refractivity contribution >= 4 is 8.25 Å². The molecule has 1 aromatic heterocycles. The number of hydrogen-bond acceptors (Lipinski definition) is 7. The number of aromatic nitrogens is 2. The Labute approximate surface area is 124 Å². The summed E-state index contributed by atoms with van der Waals surface area (Å²) in [4.78, 5) is 38.4. The van der Waals surface area contributed by atoms with Gasteiger partial charge < -0.3 is 9.63 Å². The molecule has 12 heteroatoms. The summed E-state index contributed by atoms with van der Waals surface area (Å²) in [5.74, 6) is 0. The van der Waals surface area contributed by atoms with Crippen LogP contribution < -0.4 is 16.1 Å². The maximum absolute atomic E-state index is 11.8. The summed E-state index contributed by atoms with van der Waals surface area (Å²) in [6.07, 6.45) is -0.125. The Bertz CT molecular complexity index is 738. The van der Waals surface area contributed by atoms with Crippen LogP contribution in [0.3, 0.4) is 0 Å². The summed E-state index contributed by atoms with van der Waals surface area (Å²) < 4.78 is 21.6. The third-order valence-electron chi connectivity index (χ3n) is 3.20. The molecule has 2 heterocycles. The third-order valence-corrected chi connectivity index (χ3v) is 3.56. The fraction of sp³-hybridized carbons (Fsp3) is 0.600. The van der Waals surface area contributed by atoms with Gasteiger partial charge in [0, 0.05) is 23.1 Å². The summed E-state index contributed by atoms with van der Waals surface area (Å²) in [6, 6.07) is -0.691. The number of aryl methyl sites for hydroxylation is 1. The fourth-order valence-electron chi connectivity index (χ4n) is 2.16. The molecule has 0 aromatic carbocycles. The first-order chi connectivity index (χ1) is 10.4. The first-order valence-electron chi connectivity index (χ1n) is 6.21. The summed E-state index contributed by atoms with van der Waals surface area (Å²) in [6.45, 7) is 1.20. The highest BCUT2D eigenvalue weighted by atomic mass is 31.1. The molecule has 1 N–H and O–H groups in total. The van der Waals surface area contributed by atoms with Crippen LogP contribution in [-0.4, -0.2) is 28.3 Å². The van der Waals surface area contributed by atoms with Crippen molar-refractivity contribution in [1.82, 2.24) is 9.55 Å². The molecule has 1 aliphatic heterocycles. The average molecular weight is 329 g/mol. The van der Waals surface area contributed by atoms with Gasteiger partial charge in [0.1, 0.15) is 12.8 Å². The van der Waals surface area contributed by atoms with Crippen LogP contribution in [0.2, 0.25) is 0 Å². The van der Waals surface area contributed by atoms with E-state index < -0.39 is 37.9 Å². The number of ether oxygens (including phenoxy) is 1. The van der Waals surface area contributed by atoms with Gasteiger partial charge in [-0.2, -0.15) is 0 Å². The zero-order valence-corrected chi connectivity index (χ0v) is 12.3. The van der Waals surface area contributed by atoms with Gasteiger partial charge in [0.2, 0.25) is 0 Å². The maximum Gasteiger partial charge on any atom is 0.488 e. The minimum Gasteiger partial charge on any atom is -0.566 e. The Morgan fingerprint density at radius 2 is 2.41 bits per heavy atom. The number of hydrogen-bond donors (Lipinski definition) is 1. The third kappa shape index (κ3) is 3.59. The predicted molar refractivity (Wildman–Crippen MR) is 71.1 cm³/mol. The highest BCUT2D eigenvalue weighted by Gasteiger charge is 2.37. The molecule has 0 bridgehead atoms. The highest BCUT2D eigenvalue weighted by molar-refractivity contribution is 7.30. The normalized spacial score (nSPS) is 24.8. The molecule has 11 nitrogen and oxygen atoms in total. The van der Waals surface area contributed by atoms with E-state index in [2.05, 4.69) is 19.5 Å². The number of nitrogens with zero attached hydrogens (tertiary/aromatic N) is 4. The molecule has 1 aromatic rings. The lowest BCUT2D eigenvalue weighted by atomic mass is 10.1. The van der Waals surface area contributed by atoms with Gasteiger partial charge in [0.25, 0.3) is 5.56 Å². The summed E-state index contributed by atoms with van der Waals surface area (Å²) >= 11 is 0. The van der Waals surface area contributed by atoms with Crippen LogP contribution in [0.25, 0.3) is 10.4 Å². The zero-order chi connectivity index (χ0) is 16.3. The standard InChI is InChI=1S/C10H12N5O6P/c1-5-3-15(10(17)12-9(5)16)8-2-6(13-14-11)7(21-8)4-20-22(18)19/h3,6-8H,2,4H2,1H3,(H,12,16,17). The molecule has 22 heavy (non-hydrogen) atoms. The van der Waals surface area contributed by atoms with E-state index in [0.717, 1.165) is 4.57 Å². The van der Waals surface area contributed by atoms with Gasteiger partial charge >= 0.3 is 13.9 Å². The summed E-state index contributed by atoms with van der Waals surface area (Å²) in [7, 11) is -3.06. The molecule has 118 valence electrons. The van der Waals surface area contributed by atoms with Crippen LogP contribution >= 0.6 is 8.25 Å². The Morgan fingerprint density at radius 1 is 1.68 bits per heavy atom. The first kappa shape index (κ1) is 16.3. The van der Waals surface area contributed by atoms with E-state index in [-0.39, 0.29) is 13.0 Å². The smallest absolute Gasteiger partial charge is 0.488 e. The van der Waals surface area contributed by atoms with Crippen LogP contribution in [0.4, 0.5) is 0 Å². The summed E-state index contributed by atoms with van der Waals surface area (Å²) in [5.41, 5.74) is 7.68. The van der Waals surface area contributed by atoms with E-state index >= 15 is 0 Å². The van der Waals surface area contributed by atoms with Crippen LogP contribution in [0.15, 0.2) is 20.9 Å². The van der Waals surface area contributed by atoms with Crippen LogP contribution in [-0.2, 0) is 13.8 Å². The minimum atomic E-state index is -3.06. The molecular formula is C10H12N5O6P. The largest absolute Gasteiger partial charge is 0.566 e. The quantitative estimate of drug-likeness (QED) is 0.341. The molecule has 4 unspecified atom stereocenters. The molecule has 2 rings (SSSR count). The van der Waals surface area contributed by atoms with E-state index in [4.69, 9.17) is 10.3 Å². The molecule has 0 aliphatic carbocycles. The Balaban J connectivity index is 2.25. The van der Waals surface area contributed by atoms with Crippen LogP contribution in [0.5, 0.6) is 0 Å². The highest BCUT2D eigenvalue weighted by Crippen LogP contribution is 2.31. The van der Waals surface area contributed by atoms with E-state index in [1.807, 2.05) is 0 Å². The lowest BCUT2D eigenvalue weighted by Gasteiger charge is -2.15. The molecule has 1 aliphatic rings. The SMILES string of the molecule is Cc1cn(C2CC(N=[N+]=[N-])C(CO[P+](=O)[O-])O2)c(=O)[nH]c1=O. The number of nitrogens with one attached hydrogen (secondary N) is 1. The van der Waals surface area contributed by atoms with Gasteiger partial charge in [0.05, 0.1) is 12.1 Å². The summed E-state index contributed by atoms with van der Waals surface area (Å²) in [5, 5.41) is 3.52. The van der Waals surface area contributed by atoms with Crippen molar-refractivity contribution in [3.63, 3.8) is 0 Å².